The Bertz CT molecular complexity index is 599. The monoisotopic (exact) mass is 358 g/mol. The van der Waals surface area contributed by atoms with Crippen molar-refractivity contribution in [3.05, 3.63) is 35.9 Å². The lowest BCUT2D eigenvalue weighted by atomic mass is 10.0. The van der Waals surface area contributed by atoms with Gasteiger partial charge in [0.15, 0.2) is 0 Å². The van der Waals surface area contributed by atoms with Crippen molar-refractivity contribution in [2.45, 2.75) is 37.8 Å². The third-order valence-electron chi connectivity index (χ3n) is 5.49. The van der Waals surface area contributed by atoms with Gasteiger partial charge in [-0.25, -0.2) is 0 Å². The molecule has 0 bridgehead atoms. The summed E-state index contributed by atoms with van der Waals surface area (Å²) in [7, 11) is 1.99. The van der Waals surface area contributed by atoms with E-state index in [1.54, 1.807) is 0 Å². The van der Waals surface area contributed by atoms with Gasteiger partial charge in [0, 0.05) is 37.3 Å². The molecule has 3 rings (SSSR count). The number of likely N-dealkylation sites (N-methyl/N-ethyl adjacent to an activating group) is 1. The maximum atomic E-state index is 12.6. The summed E-state index contributed by atoms with van der Waals surface area (Å²) in [6.45, 7) is 3.92. The van der Waals surface area contributed by atoms with Gasteiger partial charge in [0.2, 0.25) is 5.91 Å². The van der Waals surface area contributed by atoms with Gasteiger partial charge in [0.05, 0.1) is 6.54 Å². The zero-order chi connectivity index (χ0) is 18.4. The first-order chi connectivity index (χ1) is 12.7. The van der Waals surface area contributed by atoms with E-state index in [1.165, 1.54) is 6.42 Å². The third-order valence-corrected chi connectivity index (χ3v) is 5.49. The summed E-state index contributed by atoms with van der Waals surface area (Å²) in [6.07, 6.45) is 3.98. The van der Waals surface area contributed by atoms with Crippen molar-refractivity contribution in [1.29, 1.82) is 0 Å². The minimum atomic E-state index is -0.0261. The fraction of sp³-hybridized carbons (Fsp3) is 0.600. The van der Waals surface area contributed by atoms with Crippen LogP contribution in [0.15, 0.2) is 30.3 Å². The van der Waals surface area contributed by atoms with E-state index in [4.69, 9.17) is 0 Å². The molecule has 0 spiro atoms. The SMILES string of the molecule is CNC1CCCN(CC(=O)N2CCC(NC(=O)c3ccccc3)CC2)C1. The molecule has 2 heterocycles. The Morgan fingerprint density at radius 3 is 2.46 bits per heavy atom. The van der Waals surface area contributed by atoms with Crippen molar-refractivity contribution in [2.24, 2.45) is 0 Å². The van der Waals surface area contributed by atoms with Crippen LogP contribution in [0, 0.1) is 0 Å². The van der Waals surface area contributed by atoms with Crippen LogP contribution in [0.1, 0.15) is 36.0 Å². The van der Waals surface area contributed by atoms with Gasteiger partial charge in [0.1, 0.15) is 0 Å². The van der Waals surface area contributed by atoms with Crippen LogP contribution in [-0.4, -0.2) is 73.5 Å². The van der Waals surface area contributed by atoms with Crippen LogP contribution in [0.3, 0.4) is 0 Å². The summed E-state index contributed by atoms with van der Waals surface area (Å²) in [5, 5.41) is 6.41. The van der Waals surface area contributed by atoms with E-state index >= 15 is 0 Å². The fourth-order valence-electron chi connectivity index (χ4n) is 3.86. The Kier molecular flexibility index (Phi) is 6.63. The number of benzene rings is 1. The minimum Gasteiger partial charge on any atom is -0.349 e. The van der Waals surface area contributed by atoms with E-state index in [0.29, 0.717) is 18.2 Å². The number of piperidine rings is 2. The summed E-state index contributed by atoms with van der Waals surface area (Å²) >= 11 is 0. The normalized spacial score (nSPS) is 22.2. The molecule has 2 aliphatic heterocycles. The van der Waals surface area contributed by atoms with E-state index < -0.39 is 0 Å². The van der Waals surface area contributed by atoms with Crippen molar-refractivity contribution in [2.75, 3.05) is 39.8 Å². The highest BCUT2D eigenvalue weighted by molar-refractivity contribution is 5.94. The maximum absolute atomic E-state index is 12.6. The molecule has 1 aromatic rings. The third kappa shape index (κ3) is 5.05. The first kappa shape index (κ1) is 18.9. The Balaban J connectivity index is 1.41. The standard InChI is InChI=1S/C20H30N4O2/c1-21-18-8-5-11-23(14-18)15-19(25)24-12-9-17(10-13-24)22-20(26)16-6-3-2-4-7-16/h2-4,6-7,17-18,21H,5,8-15H2,1H3,(H,22,26). The van der Waals surface area contributed by atoms with Crippen molar-refractivity contribution in [3.63, 3.8) is 0 Å². The molecule has 0 aliphatic carbocycles. The summed E-state index contributed by atoms with van der Waals surface area (Å²) in [4.78, 5) is 29.0. The molecule has 1 unspecified atom stereocenters. The first-order valence-corrected chi connectivity index (χ1v) is 9.69. The molecule has 1 aromatic carbocycles. The lowest BCUT2D eigenvalue weighted by molar-refractivity contribution is -0.133. The first-order valence-electron chi connectivity index (χ1n) is 9.69. The van der Waals surface area contributed by atoms with Gasteiger partial charge in [0.25, 0.3) is 5.91 Å². The van der Waals surface area contributed by atoms with Gasteiger partial charge in [-0.3, -0.25) is 14.5 Å². The zero-order valence-electron chi connectivity index (χ0n) is 15.6. The molecule has 26 heavy (non-hydrogen) atoms. The van der Waals surface area contributed by atoms with E-state index in [-0.39, 0.29) is 17.9 Å². The quantitative estimate of drug-likeness (QED) is 0.827. The molecule has 6 heteroatoms. The molecule has 6 nitrogen and oxygen atoms in total. The summed E-state index contributed by atoms with van der Waals surface area (Å²) in [5.41, 5.74) is 0.690. The van der Waals surface area contributed by atoms with Gasteiger partial charge in [-0.05, 0) is 51.4 Å². The molecule has 0 aromatic heterocycles. The second-order valence-corrected chi connectivity index (χ2v) is 7.36. The predicted octanol–water partition coefficient (Wildman–Crippen LogP) is 1.09. The van der Waals surface area contributed by atoms with Crippen LogP contribution in [0.5, 0.6) is 0 Å². The number of carbonyl (C=O) groups is 2. The van der Waals surface area contributed by atoms with Gasteiger partial charge < -0.3 is 15.5 Å². The van der Waals surface area contributed by atoms with Crippen LogP contribution in [0.25, 0.3) is 0 Å². The Morgan fingerprint density at radius 1 is 1.04 bits per heavy atom. The average molecular weight is 358 g/mol. The molecule has 2 fully saturated rings. The molecule has 2 saturated heterocycles. The number of rotatable bonds is 5. The lowest BCUT2D eigenvalue weighted by Crippen LogP contribution is -2.51. The predicted molar refractivity (Wildman–Crippen MR) is 102 cm³/mol. The molecule has 2 N–H and O–H groups in total. The molecule has 142 valence electrons. The molecule has 1 atom stereocenters. The Hall–Kier alpha value is -1.92. The van der Waals surface area contributed by atoms with Crippen LogP contribution in [-0.2, 0) is 4.79 Å². The van der Waals surface area contributed by atoms with Crippen molar-refractivity contribution in [3.8, 4) is 0 Å². The fourth-order valence-corrected chi connectivity index (χ4v) is 3.86. The van der Waals surface area contributed by atoms with Crippen LogP contribution < -0.4 is 10.6 Å². The number of amides is 2. The van der Waals surface area contributed by atoms with Gasteiger partial charge in [-0.2, -0.15) is 0 Å². The molecule has 2 amide bonds. The molecular weight excluding hydrogens is 328 g/mol. The number of likely N-dealkylation sites (tertiary alicyclic amines) is 2. The van der Waals surface area contributed by atoms with Gasteiger partial charge >= 0.3 is 0 Å². The van der Waals surface area contributed by atoms with Crippen LogP contribution in [0.2, 0.25) is 0 Å². The topological polar surface area (TPSA) is 64.7 Å². The largest absolute Gasteiger partial charge is 0.349 e. The van der Waals surface area contributed by atoms with Crippen molar-refractivity contribution >= 4 is 11.8 Å². The molecule has 0 saturated carbocycles. The van der Waals surface area contributed by atoms with E-state index in [0.717, 1.165) is 45.4 Å². The highest BCUT2D eigenvalue weighted by Crippen LogP contribution is 2.14. The van der Waals surface area contributed by atoms with Crippen molar-refractivity contribution in [1.82, 2.24) is 20.4 Å². The summed E-state index contributed by atoms with van der Waals surface area (Å²) in [5.74, 6) is 0.191. The minimum absolute atomic E-state index is 0.0261. The van der Waals surface area contributed by atoms with E-state index in [9.17, 15) is 9.59 Å². The zero-order valence-corrected chi connectivity index (χ0v) is 15.6. The summed E-state index contributed by atoms with van der Waals surface area (Å²) < 4.78 is 0. The molecule has 0 radical (unpaired) electrons. The number of hydrogen-bond acceptors (Lipinski definition) is 4. The van der Waals surface area contributed by atoms with E-state index in [2.05, 4.69) is 15.5 Å². The van der Waals surface area contributed by atoms with Gasteiger partial charge in [-0.15, -0.1) is 0 Å². The van der Waals surface area contributed by atoms with Gasteiger partial charge in [-0.1, -0.05) is 18.2 Å². The Morgan fingerprint density at radius 2 is 1.77 bits per heavy atom. The number of carbonyl (C=O) groups excluding carboxylic acids is 2. The number of nitrogens with zero attached hydrogens (tertiary/aromatic N) is 2. The second kappa shape index (κ2) is 9.14. The molecule has 2 aliphatic rings. The van der Waals surface area contributed by atoms with Crippen molar-refractivity contribution < 1.29 is 9.59 Å². The maximum Gasteiger partial charge on any atom is 0.251 e. The Labute approximate surface area is 155 Å². The lowest BCUT2D eigenvalue weighted by Gasteiger charge is -2.36. The average Bonchev–Trinajstić information content (AvgIpc) is 2.69. The highest BCUT2D eigenvalue weighted by atomic mass is 16.2. The number of nitrogens with one attached hydrogen (secondary N) is 2. The number of hydrogen-bond donors (Lipinski definition) is 2. The van der Waals surface area contributed by atoms with Crippen LogP contribution >= 0.6 is 0 Å². The second-order valence-electron chi connectivity index (χ2n) is 7.36. The van der Waals surface area contributed by atoms with Crippen LogP contribution in [0.4, 0.5) is 0 Å². The smallest absolute Gasteiger partial charge is 0.251 e. The van der Waals surface area contributed by atoms with E-state index in [1.807, 2.05) is 42.3 Å². The summed E-state index contributed by atoms with van der Waals surface area (Å²) in [6, 6.07) is 9.94. The molecular formula is C20H30N4O2. The highest BCUT2D eigenvalue weighted by Gasteiger charge is 2.26.